The molecular weight excluding hydrogens is 330 g/mol. The molecule has 1 atom stereocenters. The number of carbonyl (C=O) groups is 1. The Kier molecular flexibility index (Phi) is 4.83. The molecule has 0 aromatic rings. The van der Waals surface area contributed by atoms with Crippen molar-refractivity contribution in [3.63, 3.8) is 0 Å². The molecule has 0 radical (unpaired) electrons. The van der Waals surface area contributed by atoms with E-state index >= 15 is 0 Å². The fourth-order valence-electron chi connectivity index (χ4n) is 2.05. The molecule has 0 spiro atoms. The van der Waals surface area contributed by atoms with Crippen LogP contribution < -0.4 is 5.14 Å². The Balaban J connectivity index is 3.00. The van der Waals surface area contributed by atoms with Gasteiger partial charge in [0.1, 0.15) is 0 Å². The van der Waals surface area contributed by atoms with E-state index in [9.17, 15) is 39.6 Å². The molecule has 1 heterocycles. The fraction of sp³-hybridized carbons (Fsp3) is 0.889. The topological polar surface area (TPSA) is 80.5 Å². The standard InChI is InChI=1S/C9H12F6N2O3S/c10-8(11,12)6(9(13,14)15)7(18)17-3-1-2-5(4-17)21(16,19)20/h5-6H,1-4H2,(H2,16,19,20). The molecule has 0 saturated carbocycles. The number of nitrogens with two attached hydrogens (primary N) is 1. The summed E-state index contributed by atoms with van der Waals surface area (Å²) in [5.74, 6) is -6.37. The van der Waals surface area contributed by atoms with Gasteiger partial charge in [0.15, 0.2) is 0 Å². The lowest BCUT2D eigenvalue weighted by molar-refractivity contribution is -0.277. The zero-order valence-electron chi connectivity index (χ0n) is 10.4. The predicted molar refractivity (Wildman–Crippen MR) is 58.3 cm³/mol. The summed E-state index contributed by atoms with van der Waals surface area (Å²) in [6, 6.07) is 0. The maximum Gasteiger partial charge on any atom is 0.409 e. The molecule has 1 rings (SSSR count). The summed E-state index contributed by atoms with van der Waals surface area (Å²) in [5.41, 5.74) is 0. The van der Waals surface area contributed by atoms with Crippen LogP contribution in [0, 0.1) is 5.92 Å². The Morgan fingerprint density at radius 3 is 2.00 bits per heavy atom. The summed E-state index contributed by atoms with van der Waals surface area (Å²) >= 11 is 0. The first kappa shape index (κ1) is 18.0. The maximum atomic E-state index is 12.4. The number of primary sulfonamides is 1. The Hall–Kier alpha value is -1.04. The second-order valence-corrected chi connectivity index (χ2v) is 6.50. The average Bonchev–Trinajstić information content (AvgIpc) is 2.24. The van der Waals surface area contributed by atoms with Crippen LogP contribution in [0.25, 0.3) is 0 Å². The smallest absolute Gasteiger partial charge is 0.341 e. The van der Waals surface area contributed by atoms with Crippen molar-refractivity contribution in [1.82, 2.24) is 4.90 Å². The quantitative estimate of drug-likeness (QED) is 0.761. The molecule has 12 heteroatoms. The molecule has 124 valence electrons. The molecule has 1 fully saturated rings. The van der Waals surface area contributed by atoms with Crippen molar-refractivity contribution in [2.24, 2.45) is 11.1 Å². The Bertz CT molecular complexity index is 487. The molecule has 1 aliphatic rings. The highest BCUT2D eigenvalue weighted by molar-refractivity contribution is 7.89. The first-order valence-electron chi connectivity index (χ1n) is 5.68. The van der Waals surface area contributed by atoms with Crippen molar-refractivity contribution in [3.8, 4) is 0 Å². The monoisotopic (exact) mass is 342 g/mol. The number of nitrogens with zero attached hydrogens (tertiary/aromatic N) is 1. The van der Waals surface area contributed by atoms with E-state index in [4.69, 9.17) is 5.14 Å². The van der Waals surface area contributed by atoms with E-state index in [1.165, 1.54) is 0 Å². The highest BCUT2D eigenvalue weighted by Crippen LogP contribution is 2.40. The third-order valence-corrected chi connectivity index (χ3v) is 4.37. The number of piperidine rings is 1. The number of amides is 1. The van der Waals surface area contributed by atoms with Crippen LogP contribution in [0.15, 0.2) is 0 Å². The second kappa shape index (κ2) is 5.63. The SMILES string of the molecule is NS(=O)(=O)C1CCCN(C(=O)C(C(F)(F)F)C(F)(F)F)C1. The Labute approximate surface area is 116 Å². The number of sulfonamides is 1. The van der Waals surface area contributed by atoms with E-state index in [1.54, 1.807) is 0 Å². The summed E-state index contributed by atoms with van der Waals surface area (Å²) in [4.78, 5) is 11.8. The number of alkyl halides is 6. The number of hydrogen-bond donors (Lipinski definition) is 1. The number of halogens is 6. The maximum absolute atomic E-state index is 12.4. The molecule has 0 aromatic carbocycles. The first-order valence-corrected chi connectivity index (χ1v) is 7.29. The molecule has 0 bridgehead atoms. The molecule has 5 nitrogen and oxygen atoms in total. The molecule has 1 saturated heterocycles. The van der Waals surface area contributed by atoms with Crippen LogP contribution in [0.2, 0.25) is 0 Å². The van der Waals surface area contributed by atoms with Crippen LogP contribution >= 0.6 is 0 Å². The number of hydrogen-bond acceptors (Lipinski definition) is 3. The van der Waals surface area contributed by atoms with E-state index in [2.05, 4.69) is 0 Å². The summed E-state index contributed by atoms with van der Waals surface area (Å²) in [6.07, 6.45) is -11.7. The lowest BCUT2D eigenvalue weighted by Crippen LogP contribution is -2.54. The summed E-state index contributed by atoms with van der Waals surface area (Å²) in [7, 11) is -4.15. The normalized spacial score (nSPS) is 21.7. The largest absolute Gasteiger partial charge is 0.409 e. The van der Waals surface area contributed by atoms with Gasteiger partial charge in [-0.05, 0) is 12.8 Å². The molecule has 21 heavy (non-hydrogen) atoms. The van der Waals surface area contributed by atoms with E-state index in [-0.39, 0.29) is 24.3 Å². The third-order valence-electron chi connectivity index (χ3n) is 3.06. The second-order valence-electron chi connectivity index (χ2n) is 4.65. The molecule has 1 aliphatic heterocycles. The zero-order valence-corrected chi connectivity index (χ0v) is 11.2. The van der Waals surface area contributed by atoms with Crippen molar-refractivity contribution >= 4 is 15.9 Å². The van der Waals surface area contributed by atoms with Gasteiger partial charge in [-0.2, -0.15) is 26.3 Å². The van der Waals surface area contributed by atoms with Gasteiger partial charge in [-0.3, -0.25) is 4.79 Å². The van der Waals surface area contributed by atoms with Crippen LogP contribution in [0.4, 0.5) is 26.3 Å². The van der Waals surface area contributed by atoms with Gasteiger partial charge in [0.2, 0.25) is 21.8 Å². The average molecular weight is 342 g/mol. The van der Waals surface area contributed by atoms with Crippen LogP contribution in [-0.2, 0) is 14.8 Å². The summed E-state index contributed by atoms with van der Waals surface area (Å²) in [5, 5.41) is 3.45. The van der Waals surface area contributed by atoms with Gasteiger partial charge in [0, 0.05) is 13.1 Å². The zero-order chi connectivity index (χ0) is 16.6. The van der Waals surface area contributed by atoms with Crippen LogP contribution in [-0.4, -0.2) is 49.9 Å². The van der Waals surface area contributed by atoms with E-state index < -0.39 is 46.0 Å². The van der Waals surface area contributed by atoms with E-state index in [0.717, 1.165) is 0 Å². The summed E-state index contributed by atoms with van der Waals surface area (Å²) < 4.78 is 96.9. The van der Waals surface area contributed by atoms with Gasteiger partial charge in [-0.15, -0.1) is 0 Å². The lowest BCUT2D eigenvalue weighted by atomic mass is 10.0. The van der Waals surface area contributed by atoms with Crippen LogP contribution in [0.5, 0.6) is 0 Å². The number of likely N-dealkylation sites (tertiary alicyclic amines) is 1. The minimum atomic E-state index is -5.80. The van der Waals surface area contributed by atoms with Gasteiger partial charge in [-0.25, -0.2) is 13.6 Å². The molecule has 1 unspecified atom stereocenters. The van der Waals surface area contributed by atoms with Crippen LogP contribution in [0.3, 0.4) is 0 Å². The van der Waals surface area contributed by atoms with Crippen molar-refractivity contribution in [2.75, 3.05) is 13.1 Å². The highest BCUT2D eigenvalue weighted by Gasteiger charge is 2.62. The number of carbonyl (C=O) groups excluding carboxylic acids is 1. The van der Waals surface area contributed by atoms with Crippen molar-refractivity contribution in [1.29, 1.82) is 0 Å². The molecule has 0 aliphatic carbocycles. The van der Waals surface area contributed by atoms with E-state index in [1.807, 2.05) is 0 Å². The van der Waals surface area contributed by atoms with Gasteiger partial charge in [0.05, 0.1) is 5.25 Å². The highest BCUT2D eigenvalue weighted by atomic mass is 32.2. The predicted octanol–water partition coefficient (Wildman–Crippen LogP) is 1.01. The third kappa shape index (κ3) is 4.46. The Morgan fingerprint density at radius 1 is 1.14 bits per heavy atom. The minimum Gasteiger partial charge on any atom is -0.341 e. The molecular formula is C9H12F6N2O3S. The Morgan fingerprint density at radius 2 is 1.62 bits per heavy atom. The van der Waals surface area contributed by atoms with Crippen molar-refractivity contribution in [2.45, 2.75) is 30.4 Å². The van der Waals surface area contributed by atoms with Gasteiger partial charge >= 0.3 is 12.4 Å². The molecule has 1 amide bonds. The van der Waals surface area contributed by atoms with E-state index in [0.29, 0.717) is 0 Å². The van der Waals surface area contributed by atoms with Crippen LogP contribution in [0.1, 0.15) is 12.8 Å². The van der Waals surface area contributed by atoms with Gasteiger partial charge in [0.25, 0.3) is 0 Å². The lowest BCUT2D eigenvalue weighted by Gasteiger charge is -2.34. The summed E-state index contributed by atoms with van der Waals surface area (Å²) in [6.45, 7) is -1.16. The number of rotatable bonds is 2. The van der Waals surface area contributed by atoms with Gasteiger partial charge < -0.3 is 4.90 Å². The first-order chi connectivity index (χ1) is 9.24. The van der Waals surface area contributed by atoms with Gasteiger partial charge in [-0.1, -0.05) is 0 Å². The van der Waals surface area contributed by atoms with Crippen molar-refractivity contribution in [3.05, 3.63) is 0 Å². The fourth-order valence-corrected chi connectivity index (χ4v) is 2.94. The van der Waals surface area contributed by atoms with Crippen molar-refractivity contribution < 1.29 is 39.6 Å². The molecule has 0 aromatic heterocycles. The minimum absolute atomic E-state index is 0.0225. The molecule has 2 N–H and O–H groups in total.